The van der Waals surface area contributed by atoms with Crippen LogP contribution in [-0.2, 0) is 14.5 Å². The van der Waals surface area contributed by atoms with E-state index in [0.717, 1.165) is 0 Å². The number of nitrogens with zero attached hydrogens (tertiary/aromatic N) is 3. The highest BCUT2D eigenvalue weighted by Crippen LogP contribution is 1.95. The number of oxime groups is 3. The number of rotatable bonds is 9. The molecule has 0 N–H and O–H groups in total. The summed E-state index contributed by atoms with van der Waals surface area (Å²) in [5, 5.41) is 11.0. The third-order valence-corrected chi connectivity index (χ3v) is 1.42. The molecule has 0 saturated carbocycles. The second-order valence-electron chi connectivity index (χ2n) is 2.85. The molecule has 0 heterocycles. The Labute approximate surface area is 95.9 Å². The minimum atomic E-state index is -0.0287. The molecule has 0 saturated heterocycles. The lowest BCUT2D eigenvalue weighted by molar-refractivity contribution is 0.0786. The zero-order valence-corrected chi connectivity index (χ0v) is 10.00. The van der Waals surface area contributed by atoms with Crippen molar-refractivity contribution in [1.29, 1.82) is 0 Å². The highest BCUT2D eigenvalue weighted by Gasteiger charge is 1.97. The average Bonchev–Trinajstić information content (AvgIpc) is 2.28. The summed E-state index contributed by atoms with van der Waals surface area (Å²) < 4.78 is 0. The van der Waals surface area contributed by atoms with Gasteiger partial charge in [-0.05, 0) is 13.8 Å². The van der Waals surface area contributed by atoms with E-state index in [9.17, 15) is 0 Å². The first kappa shape index (κ1) is 14.4. The Bertz CT molecular complexity index is 229. The van der Waals surface area contributed by atoms with Gasteiger partial charge in [-0.2, -0.15) is 0 Å². The maximum absolute atomic E-state index is 5.12. The second-order valence-corrected chi connectivity index (χ2v) is 2.85. The fourth-order valence-electron chi connectivity index (χ4n) is 0.716. The number of hydrogen-bond acceptors (Lipinski definition) is 6. The maximum atomic E-state index is 5.12. The molecular weight excluding hydrogens is 210 g/mol. The van der Waals surface area contributed by atoms with Crippen molar-refractivity contribution in [2.75, 3.05) is 13.7 Å². The Hall–Kier alpha value is -1.59. The SMILES string of the molecule is CCON=CCC=NOC(C)CC=NOC. The number of hydrogen-bond donors (Lipinski definition) is 0. The second kappa shape index (κ2) is 11.5. The van der Waals surface area contributed by atoms with Crippen LogP contribution in [0.3, 0.4) is 0 Å². The van der Waals surface area contributed by atoms with E-state index in [4.69, 9.17) is 9.68 Å². The minimum absolute atomic E-state index is 0.0287. The lowest BCUT2D eigenvalue weighted by Gasteiger charge is -2.04. The summed E-state index contributed by atoms with van der Waals surface area (Å²) in [5.41, 5.74) is 0. The molecule has 0 bridgehead atoms. The first-order valence-electron chi connectivity index (χ1n) is 5.17. The van der Waals surface area contributed by atoms with Gasteiger partial charge in [-0.15, -0.1) is 0 Å². The van der Waals surface area contributed by atoms with Crippen molar-refractivity contribution in [3.63, 3.8) is 0 Å². The smallest absolute Gasteiger partial charge is 0.129 e. The maximum Gasteiger partial charge on any atom is 0.129 e. The van der Waals surface area contributed by atoms with E-state index in [1.54, 1.807) is 18.6 Å². The Balaban J connectivity index is 3.47. The zero-order valence-electron chi connectivity index (χ0n) is 10.00. The van der Waals surface area contributed by atoms with Crippen molar-refractivity contribution < 1.29 is 14.5 Å². The van der Waals surface area contributed by atoms with Crippen LogP contribution in [0.4, 0.5) is 0 Å². The van der Waals surface area contributed by atoms with E-state index in [1.807, 2.05) is 13.8 Å². The van der Waals surface area contributed by atoms with Crippen LogP contribution in [0.15, 0.2) is 15.5 Å². The molecule has 0 spiro atoms. The zero-order chi connectivity index (χ0) is 12.1. The van der Waals surface area contributed by atoms with E-state index >= 15 is 0 Å². The van der Waals surface area contributed by atoms with Gasteiger partial charge in [-0.3, -0.25) is 0 Å². The summed E-state index contributed by atoms with van der Waals surface area (Å²) in [6.07, 6.45) is 6.08. The third-order valence-electron chi connectivity index (χ3n) is 1.42. The molecule has 0 aromatic heterocycles. The Morgan fingerprint density at radius 3 is 2.56 bits per heavy atom. The normalized spacial score (nSPS) is 13.7. The van der Waals surface area contributed by atoms with E-state index in [0.29, 0.717) is 19.4 Å². The first-order chi connectivity index (χ1) is 7.81. The van der Waals surface area contributed by atoms with Crippen LogP contribution in [0, 0.1) is 0 Å². The van der Waals surface area contributed by atoms with Gasteiger partial charge in [0.15, 0.2) is 0 Å². The summed E-state index contributed by atoms with van der Waals surface area (Å²) in [6, 6.07) is 0. The van der Waals surface area contributed by atoms with Crippen molar-refractivity contribution in [3.05, 3.63) is 0 Å². The Morgan fingerprint density at radius 2 is 1.88 bits per heavy atom. The third kappa shape index (κ3) is 10.5. The van der Waals surface area contributed by atoms with Crippen LogP contribution in [0.1, 0.15) is 26.7 Å². The van der Waals surface area contributed by atoms with Crippen molar-refractivity contribution >= 4 is 18.6 Å². The summed E-state index contributed by atoms with van der Waals surface area (Å²) in [4.78, 5) is 14.4. The molecule has 0 radical (unpaired) electrons. The lowest BCUT2D eigenvalue weighted by Crippen LogP contribution is -2.04. The van der Waals surface area contributed by atoms with Gasteiger partial charge >= 0.3 is 0 Å². The van der Waals surface area contributed by atoms with Crippen LogP contribution in [-0.4, -0.2) is 38.5 Å². The predicted octanol–water partition coefficient (Wildman–Crippen LogP) is 1.81. The van der Waals surface area contributed by atoms with Gasteiger partial charge in [0.05, 0.1) is 0 Å². The molecule has 92 valence electrons. The molecule has 16 heavy (non-hydrogen) atoms. The summed E-state index contributed by atoms with van der Waals surface area (Å²) >= 11 is 0. The standard InChI is InChI=1S/C10H19N3O3/c1-4-15-12-7-5-8-13-16-10(2)6-9-11-14-3/h7-10H,4-6H2,1-3H3. The fourth-order valence-corrected chi connectivity index (χ4v) is 0.716. The van der Waals surface area contributed by atoms with Crippen LogP contribution in [0.25, 0.3) is 0 Å². The van der Waals surface area contributed by atoms with Crippen molar-refractivity contribution in [3.8, 4) is 0 Å². The Kier molecular flexibility index (Phi) is 10.3. The van der Waals surface area contributed by atoms with E-state index in [1.165, 1.54) is 7.11 Å². The van der Waals surface area contributed by atoms with Gasteiger partial charge in [0, 0.05) is 31.5 Å². The molecule has 6 nitrogen and oxygen atoms in total. The van der Waals surface area contributed by atoms with Gasteiger partial charge in [0.25, 0.3) is 0 Å². The largest absolute Gasteiger partial charge is 0.399 e. The molecule has 0 rings (SSSR count). The highest BCUT2D eigenvalue weighted by molar-refractivity contribution is 5.78. The molecular formula is C10H19N3O3. The fraction of sp³-hybridized carbons (Fsp3) is 0.700. The summed E-state index contributed by atoms with van der Waals surface area (Å²) in [6.45, 7) is 4.34. The quantitative estimate of drug-likeness (QED) is 0.447. The lowest BCUT2D eigenvalue weighted by atomic mass is 10.3. The van der Waals surface area contributed by atoms with Gasteiger partial charge in [-0.25, -0.2) is 0 Å². The highest BCUT2D eigenvalue weighted by atomic mass is 16.6. The van der Waals surface area contributed by atoms with Gasteiger partial charge in [-0.1, -0.05) is 15.5 Å². The molecule has 1 unspecified atom stereocenters. The molecule has 0 aliphatic carbocycles. The molecule has 6 heteroatoms. The average molecular weight is 229 g/mol. The molecule has 0 amide bonds. The van der Waals surface area contributed by atoms with Crippen molar-refractivity contribution in [2.45, 2.75) is 32.8 Å². The van der Waals surface area contributed by atoms with Gasteiger partial charge in [0.2, 0.25) is 0 Å². The Morgan fingerprint density at radius 1 is 1.12 bits per heavy atom. The monoisotopic (exact) mass is 229 g/mol. The van der Waals surface area contributed by atoms with Gasteiger partial charge < -0.3 is 14.5 Å². The summed E-state index contributed by atoms with van der Waals surface area (Å²) in [7, 11) is 1.50. The van der Waals surface area contributed by atoms with Crippen LogP contribution in [0.5, 0.6) is 0 Å². The molecule has 0 fully saturated rings. The van der Waals surface area contributed by atoms with Crippen molar-refractivity contribution in [1.82, 2.24) is 0 Å². The predicted molar refractivity (Wildman–Crippen MR) is 63.9 cm³/mol. The van der Waals surface area contributed by atoms with E-state index < -0.39 is 0 Å². The van der Waals surface area contributed by atoms with E-state index in [-0.39, 0.29) is 6.10 Å². The molecule has 0 aromatic carbocycles. The van der Waals surface area contributed by atoms with Crippen molar-refractivity contribution in [2.24, 2.45) is 15.5 Å². The first-order valence-corrected chi connectivity index (χ1v) is 5.17. The molecule has 0 aromatic rings. The van der Waals surface area contributed by atoms with Crippen LogP contribution in [0.2, 0.25) is 0 Å². The van der Waals surface area contributed by atoms with E-state index in [2.05, 4.69) is 20.3 Å². The molecule has 1 atom stereocenters. The topological polar surface area (TPSA) is 64.8 Å². The summed E-state index contributed by atoms with van der Waals surface area (Å²) in [5.74, 6) is 0. The van der Waals surface area contributed by atoms with Gasteiger partial charge in [0.1, 0.15) is 19.8 Å². The molecule has 0 aliphatic heterocycles. The minimum Gasteiger partial charge on any atom is -0.399 e. The molecule has 0 aliphatic rings. The van der Waals surface area contributed by atoms with Crippen LogP contribution >= 0.6 is 0 Å². The van der Waals surface area contributed by atoms with Crippen LogP contribution < -0.4 is 0 Å².